The molecule has 0 fully saturated rings. The number of rotatable bonds is 5. The quantitative estimate of drug-likeness (QED) is 0.839. The summed E-state index contributed by atoms with van der Waals surface area (Å²) in [6.45, 7) is 3.74. The molecule has 0 saturated heterocycles. The third-order valence-corrected chi connectivity index (χ3v) is 5.01. The zero-order valence-corrected chi connectivity index (χ0v) is 14.4. The lowest BCUT2D eigenvalue weighted by Crippen LogP contribution is -2.24. The van der Waals surface area contributed by atoms with E-state index < -0.39 is 15.7 Å². The normalized spacial score (nSPS) is 12.9. The fraction of sp³-hybridized carbons (Fsp3) is 0.375. The van der Waals surface area contributed by atoms with Crippen LogP contribution in [-0.4, -0.2) is 31.7 Å². The van der Waals surface area contributed by atoms with Gasteiger partial charge in [0.1, 0.15) is 6.33 Å². The highest BCUT2D eigenvalue weighted by Crippen LogP contribution is 2.27. The minimum Gasteiger partial charge on any atom is -0.350 e. The highest BCUT2D eigenvalue weighted by atomic mass is 32.2. The van der Waals surface area contributed by atoms with Crippen molar-refractivity contribution in [2.24, 2.45) is 0 Å². The Morgan fingerprint density at radius 3 is 2.35 bits per heavy atom. The fourth-order valence-corrected chi connectivity index (χ4v) is 2.92. The lowest BCUT2D eigenvalue weighted by atomic mass is 10.1. The van der Waals surface area contributed by atoms with Crippen LogP contribution in [0.5, 0.6) is 0 Å². The largest absolute Gasteiger partial charge is 0.350 e. The Morgan fingerprint density at radius 1 is 1.22 bits per heavy atom. The van der Waals surface area contributed by atoms with E-state index in [1.807, 2.05) is 13.8 Å². The average molecular weight is 337 g/mol. The van der Waals surface area contributed by atoms with Gasteiger partial charge in [-0.15, -0.1) is 0 Å². The van der Waals surface area contributed by atoms with Crippen molar-refractivity contribution >= 4 is 15.7 Å². The van der Waals surface area contributed by atoms with E-state index in [2.05, 4.69) is 9.97 Å². The Morgan fingerprint density at radius 2 is 1.83 bits per heavy atom. The van der Waals surface area contributed by atoms with E-state index >= 15 is 0 Å². The smallest absolute Gasteiger partial charge is 0.187 e. The first kappa shape index (κ1) is 17.3. The number of nitrogens with zero attached hydrogens (tertiary/aromatic N) is 3. The molecule has 0 saturated carbocycles. The first-order chi connectivity index (χ1) is 10.8. The summed E-state index contributed by atoms with van der Waals surface area (Å²) in [5.41, 5.74) is 1.25. The Hall–Kier alpha value is -2.02. The third kappa shape index (κ3) is 3.67. The van der Waals surface area contributed by atoms with Gasteiger partial charge in [-0.25, -0.2) is 22.8 Å². The molecule has 1 unspecified atom stereocenters. The molecule has 0 aliphatic carbocycles. The Balaban J connectivity index is 2.31. The van der Waals surface area contributed by atoms with Crippen molar-refractivity contribution in [3.05, 3.63) is 47.7 Å². The summed E-state index contributed by atoms with van der Waals surface area (Å²) in [6.07, 6.45) is 3.01. The molecule has 23 heavy (non-hydrogen) atoms. The minimum atomic E-state index is -3.23. The molecular formula is C16H20FN3O2S. The van der Waals surface area contributed by atoms with Crippen LogP contribution in [0.25, 0.3) is 0 Å². The summed E-state index contributed by atoms with van der Waals surface area (Å²) < 4.78 is 37.4. The van der Waals surface area contributed by atoms with Gasteiger partial charge in [0.2, 0.25) is 0 Å². The maximum Gasteiger partial charge on any atom is 0.187 e. The molecule has 0 spiro atoms. The number of aryl methyl sites for hydroxylation is 1. The molecule has 0 amide bonds. The lowest BCUT2D eigenvalue weighted by molar-refractivity contribution is 0.578. The second kappa shape index (κ2) is 6.62. The minimum absolute atomic E-state index is 0.169. The van der Waals surface area contributed by atoms with E-state index in [9.17, 15) is 12.8 Å². The van der Waals surface area contributed by atoms with Crippen LogP contribution >= 0.6 is 0 Å². The SMILES string of the molecule is CCc1ncnc(N(C)C(C)c2ccc(S(C)(=O)=O)cc2)c1F. The van der Waals surface area contributed by atoms with Gasteiger partial charge in [0.25, 0.3) is 0 Å². The van der Waals surface area contributed by atoms with Crippen LogP contribution < -0.4 is 4.90 Å². The van der Waals surface area contributed by atoms with Crippen molar-refractivity contribution < 1.29 is 12.8 Å². The number of sulfone groups is 1. The van der Waals surface area contributed by atoms with Crippen LogP contribution in [0.4, 0.5) is 10.2 Å². The van der Waals surface area contributed by atoms with Crippen LogP contribution in [0.15, 0.2) is 35.5 Å². The molecular weight excluding hydrogens is 317 g/mol. The van der Waals surface area contributed by atoms with Crippen molar-refractivity contribution in [1.82, 2.24) is 9.97 Å². The topological polar surface area (TPSA) is 63.2 Å². The number of hydrogen-bond donors (Lipinski definition) is 0. The van der Waals surface area contributed by atoms with Crippen LogP contribution in [0.3, 0.4) is 0 Å². The van der Waals surface area contributed by atoms with Crippen LogP contribution in [0.1, 0.15) is 31.1 Å². The Labute approximate surface area is 136 Å². The monoisotopic (exact) mass is 337 g/mol. The molecule has 1 heterocycles. The van der Waals surface area contributed by atoms with Gasteiger partial charge < -0.3 is 4.90 Å². The van der Waals surface area contributed by atoms with Crippen LogP contribution in [0.2, 0.25) is 0 Å². The van der Waals surface area contributed by atoms with Gasteiger partial charge in [0.05, 0.1) is 16.6 Å². The summed E-state index contributed by atoms with van der Waals surface area (Å²) in [7, 11) is -1.48. The molecule has 1 aromatic carbocycles. The number of benzene rings is 1. The summed E-state index contributed by atoms with van der Waals surface area (Å²) in [5.74, 6) is -0.186. The molecule has 7 heteroatoms. The number of halogens is 1. The molecule has 0 bridgehead atoms. The molecule has 2 rings (SSSR count). The van der Waals surface area contributed by atoms with Gasteiger partial charge in [0, 0.05) is 13.3 Å². The summed E-state index contributed by atoms with van der Waals surface area (Å²) in [6, 6.07) is 6.41. The van der Waals surface area contributed by atoms with Crippen LogP contribution in [0, 0.1) is 5.82 Å². The van der Waals surface area contributed by atoms with Crippen LogP contribution in [-0.2, 0) is 16.3 Å². The van der Waals surface area contributed by atoms with E-state index in [0.29, 0.717) is 12.1 Å². The predicted molar refractivity (Wildman–Crippen MR) is 87.7 cm³/mol. The zero-order valence-electron chi connectivity index (χ0n) is 13.6. The molecule has 1 atom stereocenters. The number of hydrogen-bond acceptors (Lipinski definition) is 5. The van der Waals surface area contributed by atoms with E-state index in [1.54, 1.807) is 36.2 Å². The van der Waals surface area contributed by atoms with Gasteiger partial charge in [-0.2, -0.15) is 0 Å². The van der Waals surface area contributed by atoms with Gasteiger partial charge in [-0.05, 0) is 31.0 Å². The molecule has 124 valence electrons. The van der Waals surface area contributed by atoms with E-state index in [-0.39, 0.29) is 16.8 Å². The maximum absolute atomic E-state index is 14.4. The molecule has 0 N–H and O–H groups in total. The van der Waals surface area contributed by atoms with Gasteiger partial charge >= 0.3 is 0 Å². The van der Waals surface area contributed by atoms with Crippen molar-refractivity contribution in [1.29, 1.82) is 0 Å². The summed E-state index contributed by atoms with van der Waals surface area (Å²) in [4.78, 5) is 9.94. The standard InChI is InChI=1S/C16H20FN3O2S/c1-5-14-15(17)16(19-10-18-14)20(3)11(2)12-6-8-13(9-7-12)23(4,21)22/h6-11H,5H2,1-4H3. The molecule has 0 radical (unpaired) electrons. The predicted octanol–water partition coefficient (Wildman–Crippen LogP) is 2.78. The number of aromatic nitrogens is 2. The zero-order chi connectivity index (χ0) is 17.2. The first-order valence-electron chi connectivity index (χ1n) is 7.28. The molecule has 0 aliphatic rings. The number of anilines is 1. The first-order valence-corrected chi connectivity index (χ1v) is 9.17. The second-order valence-corrected chi connectivity index (χ2v) is 7.46. The highest BCUT2D eigenvalue weighted by Gasteiger charge is 2.19. The Kier molecular flexibility index (Phi) is 4.99. The van der Waals surface area contributed by atoms with Crippen molar-refractivity contribution in [3.63, 3.8) is 0 Å². The van der Waals surface area contributed by atoms with Gasteiger partial charge in [-0.1, -0.05) is 19.1 Å². The summed E-state index contributed by atoms with van der Waals surface area (Å²) in [5, 5.41) is 0. The molecule has 1 aromatic heterocycles. The lowest BCUT2D eigenvalue weighted by Gasteiger charge is -2.27. The average Bonchev–Trinajstić information content (AvgIpc) is 2.53. The van der Waals surface area contributed by atoms with E-state index in [0.717, 1.165) is 5.56 Å². The van der Waals surface area contributed by atoms with Gasteiger partial charge in [0.15, 0.2) is 21.5 Å². The fourth-order valence-electron chi connectivity index (χ4n) is 2.29. The second-order valence-electron chi connectivity index (χ2n) is 5.44. The maximum atomic E-state index is 14.4. The molecule has 5 nitrogen and oxygen atoms in total. The van der Waals surface area contributed by atoms with E-state index in [1.165, 1.54) is 12.6 Å². The molecule has 0 aliphatic heterocycles. The third-order valence-electron chi connectivity index (χ3n) is 3.88. The van der Waals surface area contributed by atoms with Crippen molar-refractivity contribution in [2.45, 2.75) is 31.2 Å². The van der Waals surface area contributed by atoms with Gasteiger partial charge in [-0.3, -0.25) is 0 Å². The Bertz CT molecular complexity index is 791. The van der Waals surface area contributed by atoms with Crippen molar-refractivity contribution in [3.8, 4) is 0 Å². The van der Waals surface area contributed by atoms with E-state index in [4.69, 9.17) is 0 Å². The highest BCUT2D eigenvalue weighted by molar-refractivity contribution is 7.90. The van der Waals surface area contributed by atoms with Crippen molar-refractivity contribution in [2.75, 3.05) is 18.2 Å². The molecule has 2 aromatic rings. The summed E-state index contributed by atoms with van der Waals surface area (Å²) >= 11 is 0.